The molecule has 0 aromatic heterocycles. The van der Waals surface area contributed by atoms with Crippen molar-refractivity contribution in [2.24, 2.45) is 0 Å². The summed E-state index contributed by atoms with van der Waals surface area (Å²) in [6.07, 6.45) is 5.31. The third-order valence-corrected chi connectivity index (χ3v) is 6.25. The minimum atomic E-state index is -0.350. The number of aryl methyl sites for hydroxylation is 1. The molecule has 2 N–H and O–H groups in total. The van der Waals surface area contributed by atoms with Gasteiger partial charge in [-0.2, -0.15) is 0 Å². The molecular formula is C18H24N2O2S. The van der Waals surface area contributed by atoms with Crippen LogP contribution in [-0.4, -0.2) is 29.1 Å². The van der Waals surface area contributed by atoms with Gasteiger partial charge in [-0.3, -0.25) is 9.59 Å². The minimum Gasteiger partial charge on any atom is -0.354 e. The number of piperidine rings is 1. The first-order valence-corrected chi connectivity index (χ1v) is 9.22. The van der Waals surface area contributed by atoms with Crippen molar-refractivity contribution in [1.82, 2.24) is 10.6 Å². The number of nitrogens with one attached hydrogen (secondary N) is 2. The zero-order valence-electron chi connectivity index (χ0n) is 13.6. The van der Waals surface area contributed by atoms with Gasteiger partial charge in [0.05, 0.1) is 4.75 Å². The maximum absolute atomic E-state index is 12.9. The molecule has 1 aliphatic heterocycles. The number of thioether (sulfide) groups is 1. The summed E-state index contributed by atoms with van der Waals surface area (Å²) >= 11 is 1.71. The number of rotatable bonds is 4. The summed E-state index contributed by atoms with van der Waals surface area (Å²) in [6.45, 7) is 2.62. The Morgan fingerprint density at radius 3 is 2.57 bits per heavy atom. The van der Waals surface area contributed by atoms with E-state index in [0.717, 1.165) is 37.0 Å². The Bertz CT molecular complexity index is 569. The van der Waals surface area contributed by atoms with E-state index in [2.05, 4.69) is 41.8 Å². The molecule has 124 valence electrons. The molecule has 1 saturated carbocycles. The zero-order valence-corrected chi connectivity index (χ0v) is 14.4. The third-order valence-electron chi connectivity index (χ3n) is 4.76. The largest absolute Gasteiger partial charge is 0.354 e. The molecule has 5 heteroatoms. The Hall–Kier alpha value is -1.49. The number of amides is 2. The van der Waals surface area contributed by atoms with Crippen LogP contribution in [0.5, 0.6) is 0 Å². The zero-order chi connectivity index (χ0) is 16.3. The Balaban J connectivity index is 1.68. The van der Waals surface area contributed by atoms with Gasteiger partial charge in [-0.1, -0.05) is 30.5 Å². The van der Waals surface area contributed by atoms with Crippen molar-refractivity contribution in [3.8, 4) is 0 Å². The van der Waals surface area contributed by atoms with Crippen LogP contribution in [0.4, 0.5) is 0 Å². The molecule has 1 atom stereocenters. The van der Waals surface area contributed by atoms with E-state index < -0.39 is 0 Å². The van der Waals surface area contributed by atoms with Crippen molar-refractivity contribution in [2.75, 3.05) is 6.54 Å². The van der Waals surface area contributed by atoms with Crippen LogP contribution in [0.2, 0.25) is 0 Å². The molecule has 2 amide bonds. The molecule has 1 saturated heterocycles. The Kier molecular flexibility index (Phi) is 4.95. The quantitative estimate of drug-likeness (QED) is 0.891. The highest BCUT2D eigenvalue weighted by Gasteiger charge is 2.43. The predicted molar refractivity (Wildman–Crippen MR) is 92.4 cm³/mol. The van der Waals surface area contributed by atoms with Gasteiger partial charge < -0.3 is 10.6 Å². The molecule has 1 heterocycles. The number of benzene rings is 1. The van der Waals surface area contributed by atoms with E-state index in [9.17, 15) is 9.59 Å². The normalized spacial score (nSPS) is 23.3. The van der Waals surface area contributed by atoms with Gasteiger partial charge >= 0.3 is 0 Å². The fourth-order valence-corrected chi connectivity index (χ4v) is 4.69. The highest BCUT2D eigenvalue weighted by atomic mass is 32.2. The first-order valence-electron chi connectivity index (χ1n) is 8.41. The fraction of sp³-hybridized carbons (Fsp3) is 0.556. The third kappa shape index (κ3) is 3.89. The van der Waals surface area contributed by atoms with Gasteiger partial charge in [0.2, 0.25) is 11.8 Å². The van der Waals surface area contributed by atoms with Gasteiger partial charge in [-0.05, 0) is 38.3 Å². The van der Waals surface area contributed by atoms with E-state index in [1.54, 1.807) is 11.8 Å². The second-order valence-corrected chi connectivity index (χ2v) is 8.09. The van der Waals surface area contributed by atoms with Crippen molar-refractivity contribution in [1.29, 1.82) is 0 Å². The first-order chi connectivity index (χ1) is 11.1. The average Bonchev–Trinajstić information content (AvgIpc) is 3.02. The topological polar surface area (TPSA) is 58.2 Å². The van der Waals surface area contributed by atoms with Gasteiger partial charge in [0, 0.05) is 23.9 Å². The van der Waals surface area contributed by atoms with Crippen molar-refractivity contribution in [3.63, 3.8) is 0 Å². The van der Waals surface area contributed by atoms with Gasteiger partial charge in [0.25, 0.3) is 0 Å². The lowest BCUT2D eigenvalue weighted by Gasteiger charge is -2.31. The summed E-state index contributed by atoms with van der Waals surface area (Å²) in [5, 5.41) is 6.02. The summed E-state index contributed by atoms with van der Waals surface area (Å²) in [5.74, 6) is 0.224. The van der Waals surface area contributed by atoms with Crippen LogP contribution >= 0.6 is 11.8 Å². The predicted octanol–water partition coefficient (Wildman–Crippen LogP) is 2.79. The van der Waals surface area contributed by atoms with E-state index in [1.165, 1.54) is 5.56 Å². The van der Waals surface area contributed by atoms with Crippen LogP contribution in [0.25, 0.3) is 0 Å². The standard InChI is InChI=1S/C18H24N2O2S/c1-13-4-7-15(8-5-13)23-18(10-2-3-11-18)17(22)20-14-6-9-16(21)19-12-14/h4-5,7-8,14H,2-3,6,9-12H2,1H3,(H,19,21)(H,20,22)/t14-/m1/s1. The monoisotopic (exact) mass is 332 g/mol. The average molecular weight is 332 g/mol. The lowest BCUT2D eigenvalue weighted by atomic mass is 10.0. The molecule has 4 nitrogen and oxygen atoms in total. The highest BCUT2D eigenvalue weighted by Crippen LogP contribution is 2.45. The Morgan fingerprint density at radius 2 is 1.96 bits per heavy atom. The Labute approximate surface area is 141 Å². The lowest BCUT2D eigenvalue weighted by Crippen LogP contribution is -2.52. The van der Waals surface area contributed by atoms with Crippen LogP contribution in [0.1, 0.15) is 44.1 Å². The van der Waals surface area contributed by atoms with E-state index in [-0.39, 0.29) is 22.6 Å². The molecule has 0 unspecified atom stereocenters. The first kappa shape index (κ1) is 16.4. The number of carbonyl (C=O) groups is 2. The smallest absolute Gasteiger partial charge is 0.236 e. The number of carbonyl (C=O) groups excluding carboxylic acids is 2. The van der Waals surface area contributed by atoms with Crippen LogP contribution in [0.3, 0.4) is 0 Å². The summed E-state index contributed by atoms with van der Waals surface area (Å²) in [7, 11) is 0. The van der Waals surface area contributed by atoms with Crippen LogP contribution in [0.15, 0.2) is 29.2 Å². The molecule has 2 aliphatic rings. The molecule has 1 aromatic carbocycles. The van der Waals surface area contributed by atoms with Gasteiger partial charge in [-0.15, -0.1) is 11.8 Å². The SMILES string of the molecule is Cc1ccc(SC2(C(=O)N[C@@H]3CCC(=O)NC3)CCCC2)cc1. The van der Waals surface area contributed by atoms with Crippen molar-refractivity contribution >= 4 is 23.6 Å². The second-order valence-electron chi connectivity index (χ2n) is 6.63. The van der Waals surface area contributed by atoms with E-state index in [0.29, 0.717) is 13.0 Å². The van der Waals surface area contributed by atoms with Gasteiger partial charge in [0.15, 0.2) is 0 Å². The molecule has 1 aliphatic carbocycles. The van der Waals surface area contributed by atoms with Crippen molar-refractivity contribution in [3.05, 3.63) is 29.8 Å². The molecule has 0 spiro atoms. The van der Waals surface area contributed by atoms with Gasteiger partial charge in [-0.25, -0.2) is 0 Å². The molecule has 2 fully saturated rings. The van der Waals surface area contributed by atoms with E-state index in [1.807, 2.05) is 0 Å². The summed E-state index contributed by atoms with van der Waals surface area (Å²) < 4.78 is -0.350. The highest BCUT2D eigenvalue weighted by molar-refractivity contribution is 8.01. The van der Waals surface area contributed by atoms with Crippen molar-refractivity contribution < 1.29 is 9.59 Å². The fourth-order valence-electron chi connectivity index (χ4n) is 3.33. The molecule has 3 rings (SSSR count). The molecule has 1 aromatic rings. The van der Waals surface area contributed by atoms with Gasteiger partial charge in [0.1, 0.15) is 0 Å². The summed E-state index contributed by atoms with van der Waals surface area (Å²) in [4.78, 5) is 25.4. The second kappa shape index (κ2) is 6.95. The lowest BCUT2D eigenvalue weighted by molar-refractivity contribution is -0.126. The maximum atomic E-state index is 12.9. The van der Waals surface area contributed by atoms with Crippen LogP contribution < -0.4 is 10.6 Å². The molecule has 0 radical (unpaired) electrons. The molecule has 0 bridgehead atoms. The summed E-state index contributed by atoms with van der Waals surface area (Å²) in [6, 6.07) is 8.47. The Morgan fingerprint density at radius 1 is 1.26 bits per heavy atom. The van der Waals surface area contributed by atoms with Crippen LogP contribution in [-0.2, 0) is 9.59 Å². The molecule has 23 heavy (non-hydrogen) atoms. The van der Waals surface area contributed by atoms with E-state index in [4.69, 9.17) is 0 Å². The minimum absolute atomic E-state index is 0.0660. The summed E-state index contributed by atoms with van der Waals surface area (Å²) in [5.41, 5.74) is 1.23. The maximum Gasteiger partial charge on any atom is 0.236 e. The van der Waals surface area contributed by atoms with Crippen LogP contribution in [0, 0.1) is 6.92 Å². The number of hydrogen-bond acceptors (Lipinski definition) is 3. The molecular weight excluding hydrogens is 308 g/mol. The number of hydrogen-bond donors (Lipinski definition) is 2. The van der Waals surface area contributed by atoms with E-state index >= 15 is 0 Å². The van der Waals surface area contributed by atoms with Crippen molar-refractivity contribution in [2.45, 2.75) is 61.1 Å².